The Bertz CT molecular complexity index is 452. The van der Waals surface area contributed by atoms with Gasteiger partial charge in [0.05, 0.1) is 0 Å². The molecule has 0 heterocycles. The summed E-state index contributed by atoms with van der Waals surface area (Å²) >= 11 is 0. The van der Waals surface area contributed by atoms with Crippen molar-refractivity contribution in [2.75, 3.05) is 0 Å². The Kier molecular flexibility index (Phi) is 5.40. The number of benzene rings is 1. The molecule has 0 spiro atoms. The van der Waals surface area contributed by atoms with Crippen molar-refractivity contribution in [2.24, 2.45) is 5.92 Å². The molecule has 0 radical (unpaired) electrons. The van der Waals surface area contributed by atoms with Gasteiger partial charge in [-0.1, -0.05) is 63.4 Å². The number of rotatable bonds is 6. The van der Waals surface area contributed by atoms with Gasteiger partial charge >= 0.3 is 5.97 Å². The summed E-state index contributed by atoms with van der Waals surface area (Å²) < 4.78 is 0. The van der Waals surface area contributed by atoms with Gasteiger partial charge in [0.2, 0.25) is 0 Å². The van der Waals surface area contributed by atoms with E-state index in [0.29, 0.717) is 18.4 Å². The third-order valence-corrected chi connectivity index (χ3v) is 4.40. The van der Waals surface area contributed by atoms with E-state index in [1.807, 2.05) is 30.3 Å². The van der Waals surface area contributed by atoms with Crippen LogP contribution in [0.25, 0.3) is 0 Å². The maximum atomic E-state index is 12.2. The van der Waals surface area contributed by atoms with Gasteiger partial charge in [-0.2, -0.15) is 0 Å². The first-order valence-electron chi connectivity index (χ1n) is 8.11. The van der Waals surface area contributed by atoms with E-state index in [4.69, 9.17) is 0 Å². The molecule has 1 aliphatic rings. The van der Waals surface area contributed by atoms with E-state index < -0.39 is 11.5 Å². The van der Waals surface area contributed by atoms with Crippen molar-refractivity contribution in [3.63, 3.8) is 0 Å². The van der Waals surface area contributed by atoms with Crippen LogP contribution in [0, 0.1) is 5.92 Å². The molecular formula is C18H27NO2. The summed E-state index contributed by atoms with van der Waals surface area (Å²) in [6.45, 7) is 4.17. The number of aliphatic carboxylic acids is 1. The van der Waals surface area contributed by atoms with Crippen molar-refractivity contribution in [1.29, 1.82) is 0 Å². The molecule has 1 aromatic carbocycles. The van der Waals surface area contributed by atoms with Crippen LogP contribution in [0.4, 0.5) is 0 Å². The highest BCUT2D eigenvalue weighted by Crippen LogP contribution is 2.32. The van der Waals surface area contributed by atoms with Gasteiger partial charge in [-0.25, -0.2) is 4.79 Å². The van der Waals surface area contributed by atoms with E-state index in [9.17, 15) is 9.90 Å². The van der Waals surface area contributed by atoms with Crippen LogP contribution in [-0.4, -0.2) is 17.1 Å². The zero-order valence-electron chi connectivity index (χ0n) is 13.1. The van der Waals surface area contributed by atoms with Gasteiger partial charge in [0.25, 0.3) is 0 Å². The van der Waals surface area contributed by atoms with Gasteiger partial charge in [-0.05, 0) is 30.7 Å². The number of carboxylic acids is 1. The van der Waals surface area contributed by atoms with E-state index in [0.717, 1.165) is 18.4 Å². The van der Waals surface area contributed by atoms with Crippen molar-refractivity contribution in [3.8, 4) is 0 Å². The second-order valence-corrected chi connectivity index (χ2v) is 6.65. The highest BCUT2D eigenvalue weighted by atomic mass is 16.4. The molecule has 3 nitrogen and oxygen atoms in total. The first-order valence-corrected chi connectivity index (χ1v) is 8.11. The molecular weight excluding hydrogens is 262 g/mol. The molecule has 0 saturated heterocycles. The Balaban J connectivity index is 2.33. The van der Waals surface area contributed by atoms with E-state index >= 15 is 0 Å². The van der Waals surface area contributed by atoms with Crippen LogP contribution in [0.3, 0.4) is 0 Å². The lowest BCUT2D eigenvalue weighted by molar-refractivity contribution is -0.147. The molecule has 2 N–H and O–H groups in total. The molecule has 21 heavy (non-hydrogen) atoms. The fourth-order valence-electron chi connectivity index (χ4n) is 3.46. The molecule has 116 valence electrons. The minimum Gasteiger partial charge on any atom is -0.480 e. The third-order valence-electron chi connectivity index (χ3n) is 4.40. The predicted octanol–water partition coefficient (Wildman–Crippen LogP) is 3.93. The van der Waals surface area contributed by atoms with Gasteiger partial charge in [0.1, 0.15) is 5.54 Å². The molecule has 0 bridgehead atoms. The van der Waals surface area contributed by atoms with Crippen LogP contribution >= 0.6 is 0 Å². The Hall–Kier alpha value is -1.35. The first kappa shape index (κ1) is 16.0. The maximum absolute atomic E-state index is 12.2. The van der Waals surface area contributed by atoms with Gasteiger partial charge < -0.3 is 5.11 Å². The van der Waals surface area contributed by atoms with Crippen LogP contribution in [0.1, 0.15) is 57.9 Å². The minimum atomic E-state index is -0.961. The molecule has 1 aromatic rings. The number of carbonyl (C=O) groups is 1. The SMILES string of the molecule is CC(C)CC(NC1CCCCC1)(C(=O)O)c1ccccc1. The summed E-state index contributed by atoms with van der Waals surface area (Å²) in [7, 11) is 0. The van der Waals surface area contributed by atoms with Gasteiger partial charge in [-0.15, -0.1) is 0 Å². The second-order valence-electron chi connectivity index (χ2n) is 6.65. The minimum absolute atomic E-state index is 0.314. The average Bonchev–Trinajstić information content (AvgIpc) is 2.48. The summed E-state index contributed by atoms with van der Waals surface area (Å²) in [5, 5.41) is 13.5. The van der Waals surface area contributed by atoms with E-state index in [-0.39, 0.29) is 0 Å². The highest BCUT2D eigenvalue weighted by molar-refractivity contribution is 5.81. The van der Waals surface area contributed by atoms with Crippen molar-refractivity contribution in [3.05, 3.63) is 35.9 Å². The molecule has 1 fully saturated rings. The van der Waals surface area contributed by atoms with Crippen LogP contribution < -0.4 is 5.32 Å². The summed E-state index contributed by atoms with van der Waals surface area (Å²) in [5.41, 5.74) is -0.0889. The van der Waals surface area contributed by atoms with Crippen LogP contribution in [0.2, 0.25) is 0 Å². The van der Waals surface area contributed by atoms with Gasteiger partial charge in [0, 0.05) is 6.04 Å². The van der Waals surface area contributed by atoms with E-state index in [1.54, 1.807) is 0 Å². The molecule has 1 saturated carbocycles. The van der Waals surface area contributed by atoms with Crippen LogP contribution in [0.5, 0.6) is 0 Å². The van der Waals surface area contributed by atoms with Gasteiger partial charge in [0.15, 0.2) is 0 Å². The molecule has 0 aliphatic heterocycles. The standard InChI is InChI=1S/C18H27NO2/c1-14(2)13-18(17(20)21,15-9-5-3-6-10-15)19-16-11-7-4-8-12-16/h3,5-6,9-10,14,16,19H,4,7-8,11-13H2,1-2H3,(H,20,21). The fourth-order valence-corrected chi connectivity index (χ4v) is 3.46. The zero-order valence-corrected chi connectivity index (χ0v) is 13.1. The molecule has 3 heteroatoms. The number of nitrogens with one attached hydrogen (secondary N) is 1. The van der Waals surface area contributed by atoms with Crippen molar-refractivity contribution < 1.29 is 9.90 Å². The predicted molar refractivity (Wildman–Crippen MR) is 85.2 cm³/mol. The zero-order chi connectivity index (χ0) is 15.3. The van der Waals surface area contributed by atoms with Crippen LogP contribution in [-0.2, 0) is 10.3 Å². The lowest BCUT2D eigenvalue weighted by Gasteiger charge is -2.38. The average molecular weight is 289 g/mol. The van der Waals surface area contributed by atoms with Gasteiger partial charge in [-0.3, -0.25) is 5.32 Å². The Morgan fingerprint density at radius 1 is 1.24 bits per heavy atom. The third kappa shape index (κ3) is 3.85. The number of hydrogen-bond acceptors (Lipinski definition) is 2. The van der Waals surface area contributed by atoms with Crippen molar-refractivity contribution in [2.45, 2.75) is 64.0 Å². The Morgan fingerprint density at radius 3 is 2.38 bits per heavy atom. The quantitative estimate of drug-likeness (QED) is 0.834. The monoisotopic (exact) mass is 289 g/mol. The summed E-state index contributed by atoms with van der Waals surface area (Å²) in [6.07, 6.45) is 6.45. The summed E-state index contributed by atoms with van der Waals surface area (Å²) in [5.74, 6) is -0.439. The number of carboxylic acid groups (broad SMARTS) is 1. The van der Waals surface area contributed by atoms with E-state index in [2.05, 4.69) is 19.2 Å². The first-order chi connectivity index (χ1) is 10.0. The lowest BCUT2D eigenvalue weighted by Crippen LogP contribution is -2.54. The van der Waals surface area contributed by atoms with E-state index in [1.165, 1.54) is 19.3 Å². The summed E-state index contributed by atoms with van der Waals surface area (Å²) in [4.78, 5) is 12.2. The second kappa shape index (κ2) is 7.08. The maximum Gasteiger partial charge on any atom is 0.328 e. The van der Waals surface area contributed by atoms with Crippen molar-refractivity contribution >= 4 is 5.97 Å². The Morgan fingerprint density at radius 2 is 1.86 bits per heavy atom. The number of hydrogen-bond donors (Lipinski definition) is 2. The largest absolute Gasteiger partial charge is 0.480 e. The highest BCUT2D eigenvalue weighted by Gasteiger charge is 2.42. The van der Waals surface area contributed by atoms with Crippen LogP contribution in [0.15, 0.2) is 30.3 Å². The molecule has 1 unspecified atom stereocenters. The molecule has 2 rings (SSSR count). The molecule has 1 atom stereocenters. The lowest BCUT2D eigenvalue weighted by atomic mass is 9.80. The molecule has 0 aromatic heterocycles. The van der Waals surface area contributed by atoms with Crippen molar-refractivity contribution in [1.82, 2.24) is 5.32 Å². The molecule has 0 amide bonds. The Labute approximate surface area is 127 Å². The normalized spacial score (nSPS) is 19.4. The smallest absolute Gasteiger partial charge is 0.328 e. The molecule has 1 aliphatic carbocycles. The summed E-state index contributed by atoms with van der Waals surface area (Å²) in [6, 6.07) is 9.98. The topological polar surface area (TPSA) is 49.3 Å². The fraction of sp³-hybridized carbons (Fsp3) is 0.611.